The average molecular weight is 175 g/mol. The Morgan fingerprint density at radius 2 is 2.55 bits per heavy atom. The van der Waals surface area contributed by atoms with Crippen molar-refractivity contribution in [2.45, 2.75) is 13.0 Å². The first-order valence-corrected chi connectivity index (χ1v) is 3.40. The molecule has 5 heteroatoms. The van der Waals surface area contributed by atoms with Crippen molar-refractivity contribution in [2.24, 2.45) is 5.73 Å². The molecule has 0 bridgehead atoms. The largest absolute Gasteiger partial charge is 0.424 e. The van der Waals surface area contributed by atoms with E-state index in [0.29, 0.717) is 0 Å². The van der Waals surface area contributed by atoms with Gasteiger partial charge in [-0.15, -0.1) is 0 Å². The molecule has 0 fully saturated rings. The lowest BCUT2D eigenvalue weighted by atomic mass is 10.2. The van der Waals surface area contributed by atoms with Gasteiger partial charge in [-0.25, -0.2) is 4.98 Å². The number of hydrogen-bond acceptors (Lipinski definition) is 4. The fraction of sp³-hybridized carbons (Fsp3) is 0.333. The number of nitrogens with two attached hydrogens (primary N) is 1. The third-order valence-electron chi connectivity index (χ3n) is 1.13. The van der Waals surface area contributed by atoms with E-state index >= 15 is 0 Å². The van der Waals surface area contributed by atoms with Crippen molar-refractivity contribution in [3.8, 4) is 0 Å². The van der Waals surface area contributed by atoms with Gasteiger partial charge in [0, 0.05) is 0 Å². The van der Waals surface area contributed by atoms with Gasteiger partial charge in [0.25, 0.3) is 5.35 Å². The van der Waals surface area contributed by atoms with Crippen LogP contribution in [0.2, 0.25) is 5.35 Å². The van der Waals surface area contributed by atoms with E-state index in [-0.39, 0.29) is 16.9 Å². The highest BCUT2D eigenvalue weighted by Crippen LogP contribution is 2.09. The van der Waals surface area contributed by atoms with E-state index in [0.717, 1.165) is 0 Å². The van der Waals surface area contributed by atoms with Gasteiger partial charge in [0.2, 0.25) is 5.78 Å². The molecule has 1 heterocycles. The predicted molar refractivity (Wildman–Crippen MR) is 39.5 cm³/mol. The second-order valence-electron chi connectivity index (χ2n) is 2.13. The lowest BCUT2D eigenvalue weighted by Crippen LogP contribution is -2.26. The summed E-state index contributed by atoms with van der Waals surface area (Å²) in [7, 11) is 0. The summed E-state index contributed by atoms with van der Waals surface area (Å²) >= 11 is 5.34. The van der Waals surface area contributed by atoms with E-state index in [9.17, 15) is 4.79 Å². The Morgan fingerprint density at radius 3 is 2.91 bits per heavy atom. The van der Waals surface area contributed by atoms with Gasteiger partial charge in [0.15, 0.2) is 5.76 Å². The molecule has 0 aliphatic rings. The Hall–Kier alpha value is -0.870. The van der Waals surface area contributed by atoms with Crippen molar-refractivity contribution in [2.75, 3.05) is 0 Å². The molecule has 0 aliphatic heterocycles. The van der Waals surface area contributed by atoms with Gasteiger partial charge in [0.1, 0.15) is 0 Å². The van der Waals surface area contributed by atoms with Gasteiger partial charge >= 0.3 is 0 Å². The smallest absolute Gasteiger partial charge is 0.292 e. The van der Waals surface area contributed by atoms with Crippen molar-refractivity contribution in [3.05, 3.63) is 17.3 Å². The molecule has 60 valence electrons. The zero-order valence-electron chi connectivity index (χ0n) is 5.87. The van der Waals surface area contributed by atoms with Crippen LogP contribution in [0.5, 0.6) is 0 Å². The van der Waals surface area contributed by atoms with E-state index in [1.807, 2.05) is 0 Å². The molecule has 0 radical (unpaired) electrons. The SMILES string of the molecule is CC(N)C(=O)c1cnc(Cl)o1. The Kier molecular flexibility index (Phi) is 2.26. The summed E-state index contributed by atoms with van der Waals surface area (Å²) in [4.78, 5) is 14.6. The van der Waals surface area contributed by atoms with Gasteiger partial charge in [-0.3, -0.25) is 4.79 Å². The van der Waals surface area contributed by atoms with Gasteiger partial charge in [-0.2, -0.15) is 0 Å². The van der Waals surface area contributed by atoms with Crippen LogP contribution in [-0.2, 0) is 0 Å². The Bertz CT molecular complexity index is 269. The molecule has 1 aromatic heterocycles. The normalized spacial score (nSPS) is 13.0. The number of Topliss-reactive ketones (excluding diaryl/α,β-unsaturated/α-hetero) is 1. The highest BCUT2D eigenvalue weighted by Gasteiger charge is 2.15. The molecular formula is C6H7ClN2O2. The predicted octanol–water partition coefficient (Wildman–Crippen LogP) is 0.858. The summed E-state index contributed by atoms with van der Waals surface area (Å²) in [6.07, 6.45) is 1.26. The van der Waals surface area contributed by atoms with Crippen LogP contribution in [0.3, 0.4) is 0 Å². The second-order valence-corrected chi connectivity index (χ2v) is 2.45. The molecular weight excluding hydrogens is 168 g/mol. The van der Waals surface area contributed by atoms with Gasteiger partial charge < -0.3 is 10.2 Å². The molecule has 0 aliphatic carbocycles. The molecule has 11 heavy (non-hydrogen) atoms. The number of carbonyl (C=O) groups is 1. The molecule has 1 aromatic rings. The third kappa shape index (κ3) is 1.78. The maximum atomic E-state index is 11.0. The Balaban J connectivity index is 2.85. The minimum Gasteiger partial charge on any atom is -0.424 e. The first kappa shape index (κ1) is 8.23. The zero-order chi connectivity index (χ0) is 8.43. The topological polar surface area (TPSA) is 69.1 Å². The monoisotopic (exact) mass is 174 g/mol. The minimum absolute atomic E-state index is 0.0472. The highest BCUT2D eigenvalue weighted by atomic mass is 35.5. The van der Waals surface area contributed by atoms with Crippen LogP contribution in [0.4, 0.5) is 0 Å². The fourth-order valence-electron chi connectivity index (χ4n) is 0.591. The van der Waals surface area contributed by atoms with E-state index < -0.39 is 6.04 Å². The molecule has 1 rings (SSSR count). The van der Waals surface area contributed by atoms with Crippen LogP contribution in [0.15, 0.2) is 10.6 Å². The van der Waals surface area contributed by atoms with Crippen LogP contribution in [0.1, 0.15) is 17.5 Å². The molecule has 2 N–H and O–H groups in total. The minimum atomic E-state index is -0.584. The number of nitrogens with zero attached hydrogens (tertiary/aromatic N) is 1. The number of rotatable bonds is 2. The van der Waals surface area contributed by atoms with Crippen molar-refractivity contribution < 1.29 is 9.21 Å². The van der Waals surface area contributed by atoms with Crippen LogP contribution < -0.4 is 5.73 Å². The van der Waals surface area contributed by atoms with Crippen LogP contribution in [-0.4, -0.2) is 16.8 Å². The van der Waals surface area contributed by atoms with E-state index in [1.165, 1.54) is 6.20 Å². The van der Waals surface area contributed by atoms with Crippen LogP contribution >= 0.6 is 11.6 Å². The molecule has 0 spiro atoms. The molecule has 0 saturated carbocycles. The summed E-state index contributed by atoms with van der Waals surface area (Å²) in [5.41, 5.74) is 5.30. The first-order chi connectivity index (χ1) is 5.11. The van der Waals surface area contributed by atoms with Crippen molar-refractivity contribution in [3.63, 3.8) is 0 Å². The summed E-state index contributed by atoms with van der Waals surface area (Å²) in [5.74, 6) is -0.200. The Morgan fingerprint density at radius 1 is 1.91 bits per heavy atom. The maximum absolute atomic E-state index is 11.0. The maximum Gasteiger partial charge on any atom is 0.292 e. The van der Waals surface area contributed by atoms with Crippen LogP contribution in [0.25, 0.3) is 0 Å². The molecule has 0 amide bonds. The molecule has 1 unspecified atom stereocenters. The number of ketones is 1. The summed E-state index contributed by atoms with van der Waals surface area (Å²) in [5, 5.41) is -0.0472. The van der Waals surface area contributed by atoms with E-state index in [1.54, 1.807) is 6.92 Å². The van der Waals surface area contributed by atoms with Crippen molar-refractivity contribution in [1.29, 1.82) is 0 Å². The molecule has 1 atom stereocenters. The van der Waals surface area contributed by atoms with Crippen LogP contribution in [0, 0.1) is 0 Å². The fourth-order valence-corrected chi connectivity index (χ4v) is 0.723. The number of oxazole rings is 1. The summed E-state index contributed by atoms with van der Waals surface area (Å²) < 4.78 is 4.73. The first-order valence-electron chi connectivity index (χ1n) is 3.02. The quantitative estimate of drug-likeness (QED) is 0.676. The van der Waals surface area contributed by atoms with Crippen molar-refractivity contribution >= 4 is 17.4 Å². The number of carbonyl (C=O) groups excluding carboxylic acids is 1. The summed E-state index contributed by atoms with van der Waals surface area (Å²) in [6.45, 7) is 1.57. The molecule has 0 saturated heterocycles. The Labute approximate surface area is 68.3 Å². The summed E-state index contributed by atoms with van der Waals surface area (Å²) in [6, 6.07) is -0.584. The van der Waals surface area contributed by atoms with E-state index in [4.69, 9.17) is 21.8 Å². The van der Waals surface area contributed by atoms with Gasteiger partial charge in [-0.05, 0) is 18.5 Å². The number of halogens is 1. The lowest BCUT2D eigenvalue weighted by Gasteiger charge is -1.97. The third-order valence-corrected chi connectivity index (χ3v) is 1.31. The highest BCUT2D eigenvalue weighted by molar-refractivity contribution is 6.27. The number of hydrogen-bond donors (Lipinski definition) is 1. The lowest BCUT2D eigenvalue weighted by molar-refractivity contribution is 0.0941. The van der Waals surface area contributed by atoms with E-state index in [2.05, 4.69) is 4.98 Å². The van der Waals surface area contributed by atoms with Crippen molar-refractivity contribution in [1.82, 2.24) is 4.98 Å². The number of aromatic nitrogens is 1. The van der Waals surface area contributed by atoms with Gasteiger partial charge in [0.05, 0.1) is 12.2 Å². The molecule has 0 aromatic carbocycles. The standard InChI is InChI=1S/C6H7ClN2O2/c1-3(8)5(10)4-2-9-6(7)11-4/h2-3H,8H2,1H3. The molecule has 4 nitrogen and oxygen atoms in total. The average Bonchev–Trinajstić information content (AvgIpc) is 2.34. The second kappa shape index (κ2) is 3.02. The van der Waals surface area contributed by atoms with Gasteiger partial charge in [-0.1, -0.05) is 0 Å². The zero-order valence-corrected chi connectivity index (χ0v) is 6.63.